The molecule has 4 nitrogen and oxygen atoms in total. The number of hydrogen-bond acceptors (Lipinski definition) is 3. The second-order valence-electron chi connectivity index (χ2n) is 5.26. The van der Waals surface area contributed by atoms with Gasteiger partial charge in [0.2, 0.25) is 10.0 Å². The first-order valence-corrected chi connectivity index (χ1v) is 7.81. The van der Waals surface area contributed by atoms with E-state index in [4.69, 9.17) is 0 Å². The van der Waals surface area contributed by atoms with Gasteiger partial charge in [-0.05, 0) is 38.9 Å². The van der Waals surface area contributed by atoms with Crippen molar-refractivity contribution in [1.82, 2.24) is 9.21 Å². The maximum atomic E-state index is 11.8. The Balaban J connectivity index is 2.70. The summed E-state index contributed by atoms with van der Waals surface area (Å²) in [6.07, 6.45) is 3.24. The number of likely N-dealkylation sites (tertiary alicyclic amines) is 1. The van der Waals surface area contributed by atoms with Crippen LogP contribution in [0.2, 0.25) is 0 Å². The van der Waals surface area contributed by atoms with Crippen LogP contribution in [0, 0.1) is 5.92 Å². The van der Waals surface area contributed by atoms with Gasteiger partial charge in [0.25, 0.3) is 0 Å². The lowest BCUT2D eigenvalue weighted by Gasteiger charge is -2.36. The summed E-state index contributed by atoms with van der Waals surface area (Å²) >= 11 is 0. The molecule has 0 atom stereocenters. The lowest BCUT2D eigenvalue weighted by atomic mass is 10.0. The van der Waals surface area contributed by atoms with Crippen LogP contribution in [0.4, 0.5) is 0 Å². The first-order chi connectivity index (χ1) is 7.30. The van der Waals surface area contributed by atoms with Crippen molar-refractivity contribution in [2.45, 2.75) is 32.7 Å². The van der Waals surface area contributed by atoms with Gasteiger partial charge in [0.05, 0.1) is 6.26 Å². The monoisotopic (exact) mass is 248 g/mol. The maximum Gasteiger partial charge on any atom is 0.211 e. The highest BCUT2D eigenvalue weighted by Gasteiger charge is 2.29. The number of piperidine rings is 1. The average Bonchev–Trinajstić information content (AvgIpc) is 2.14. The molecule has 5 heteroatoms. The third-order valence-electron chi connectivity index (χ3n) is 3.07. The minimum absolute atomic E-state index is 0.202. The predicted molar refractivity (Wildman–Crippen MR) is 66.9 cm³/mol. The fourth-order valence-corrected chi connectivity index (χ4v) is 3.52. The maximum absolute atomic E-state index is 11.8. The van der Waals surface area contributed by atoms with Crippen LogP contribution in [-0.2, 0) is 10.0 Å². The molecule has 16 heavy (non-hydrogen) atoms. The Morgan fingerprint density at radius 2 is 1.81 bits per heavy atom. The molecule has 0 aliphatic carbocycles. The van der Waals surface area contributed by atoms with E-state index in [9.17, 15) is 8.42 Å². The van der Waals surface area contributed by atoms with E-state index in [2.05, 4.69) is 25.8 Å². The molecule has 0 saturated carbocycles. The van der Waals surface area contributed by atoms with Crippen LogP contribution in [0.25, 0.3) is 0 Å². The fourth-order valence-electron chi connectivity index (χ4n) is 2.20. The zero-order chi connectivity index (χ0) is 12.3. The SMILES string of the molecule is CC(C)CN(C1CCN(C)CC1)S(C)(=O)=O. The van der Waals surface area contributed by atoms with Crippen LogP contribution in [0.1, 0.15) is 26.7 Å². The zero-order valence-corrected chi connectivity index (χ0v) is 11.6. The summed E-state index contributed by atoms with van der Waals surface area (Å²) in [5, 5.41) is 0. The Kier molecular flexibility index (Phi) is 4.76. The summed E-state index contributed by atoms with van der Waals surface area (Å²) in [7, 11) is -0.976. The molecule has 0 unspecified atom stereocenters. The van der Waals surface area contributed by atoms with Crippen LogP contribution in [0.5, 0.6) is 0 Å². The lowest BCUT2D eigenvalue weighted by molar-refractivity contribution is 0.175. The van der Waals surface area contributed by atoms with E-state index in [0.29, 0.717) is 12.5 Å². The molecule has 0 bridgehead atoms. The van der Waals surface area contributed by atoms with Crippen molar-refractivity contribution in [2.75, 3.05) is 32.9 Å². The molecular formula is C11H24N2O2S. The van der Waals surface area contributed by atoms with E-state index < -0.39 is 10.0 Å². The normalized spacial score (nSPS) is 20.9. The second-order valence-corrected chi connectivity index (χ2v) is 7.20. The van der Waals surface area contributed by atoms with E-state index in [1.54, 1.807) is 4.31 Å². The van der Waals surface area contributed by atoms with Crippen molar-refractivity contribution < 1.29 is 8.42 Å². The molecule has 0 spiro atoms. The molecule has 0 aromatic carbocycles. The number of rotatable bonds is 4. The van der Waals surface area contributed by atoms with Crippen molar-refractivity contribution in [3.05, 3.63) is 0 Å². The minimum atomic E-state index is -3.06. The molecule has 1 heterocycles. The molecule has 1 aliphatic rings. The zero-order valence-electron chi connectivity index (χ0n) is 10.8. The molecule has 0 aromatic heterocycles. The van der Waals surface area contributed by atoms with Gasteiger partial charge in [-0.25, -0.2) is 8.42 Å². The van der Waals surface area contributed by atoms with Gasteiger partial charge < -0.3 is 4.90 Å². The fraction of sp³-hybridized carbons (Fsp3) is 1.00. The summed E-state index contributed by atoms with van der Waals surface area (Å²) in [4.78, 5) is 2.26. The number of nitrogens with zero attached hydrogens (tertiary/aromatic N) is 2. The van der Waals surface area contributed by atoms with Gasteiger partial charge in [0.15, 0.2) is 0 Å². The molecule has 0 radical (unpaired) electrons. The summed E-state index contributed by atoms with van der Waals surface area (Å²) in [5.74, 6) is 0.384. The van der Waals surface area contributed by atoms with E-state index in [0.717, 1.165) is 25.9 Å². The Bertz CT molecular complexity index is 306. The largest absolute Gasteiger partial charge is 0.306 e. The van der Waals surface area contributed by atoms with Gasteiger partial charge in [0, 0.05) is 12.6 Å². The van der Waals surface area contributed by atoms with Crippen molar-refractivity contribution >= 4 is 10.0 Å². The predicted octanol–water partition coefficient (Wildman–Crippen LogP) is 0.998. The lowest BCUT2D eigenvalue weighted by Crippen LogP contribution is -2.47. The first-order valence-electron chi connectivity index (χ1n) is 5.96. The Morgan fingerprint density at radius 3 is 2.19 bits per heavy atom. The van der Waals surface area contributed by atoms with Gasteiger partial charge in [-0.15, -0.1) is 0 Å². The third kappa shape index (κ3) is 4.03. The van der Waals surface area contributed by atoms with E-state index in [1.807, 2.05) is 0 Å². The van der Waals surface area contributed by atoms with Gasteiger partial charge in [-0.1, -0.05) is 13.8 Å². The van der Waals surface area contributed by atoms with Gasteiger partial charge in [0.1, 0.15) is 0 Å². The standard InChI is InChI=1S/C11H24N2O2S/c1-10(2)9-13(16(4,14)15)11-5-7-12(3)8-6-11/h10-11H,5-9H2,1-4H3. The highest BCUT2D eigenvalue weighted by atomic mass is 32.2. The molecule has 0 amide bonds. The molecule has 0 aromatic rings. The minimum Gasteiger partial charge on any atom is -0.306 e. The van der Waals surface area contributed by atoms with Gasteiger partial charge in [-0.2, -0.15) is 4.31 Å². The van der Waals surface area contributed by atoms with Crippen LogP contribution < -0.4 is 0 Å². The second kappa shape index (κ2) is 5.47. The summed E-state index contributed by atoms with van der Waals surface area (Å²) in [6, 6.07) is 0.202. The number of hydrogen-bond donors (Lipinski definition) is 0. The molecule has 0 N–H and O–H groups in total. The third-order valence-corrected chi connectivity index (χ3v) is 4.37. The Hall–Kier alpha value is -0.130. The highest BCUT2D eigenvalue weighted by molar-refractivity contribution is 7.88. The molecule has 1 fully saturated rings. The van der Waals surface area contributed by atoms with E-state index in [1.165, 1.54) is 6.26 Å². The average molecular weight is 248 g/mol. The van der Waals surface area contributed by atoms with E-state index in [-0.39, 0.29) is 6.04 Å². The topological polar surface area (TPSA) is 40.6 Å². The van der Waals surface area contributed by atoms with Crippen LogP contribution in [0.3, 0.4) is 0 Å². The molecular weight excluding hydrogens is 224 g/mol. The smallest absolute Gasteiger partial charge is 0.211 e. The molecule has 1 aliphatic heterocycles. The van der Waals surface area contributed by atoms with Gasteiger partial charge >= 0.3 is 0 Å². The van der Waals surface area contributed by atoms with Crippen molar-refractivity contribution in [3.63, 3.8) is 0 Å². The molecule has 1 saturated heterocycles. The molecule has 96 valence electrons. The Morgan fingerprint density at radius 1 is 1.31 bits per heavy atom. The van der Waals surface area contributed by atoms with Crippen molar-refractivity contribution in [1.29, 1.82) is 0 Å². The van der Waals surface area contributed by atoms with Crippen molar-refractivity contribution in [3.8, 4) is 0 Å². The van der Waals surface area contributed by atoms with Crippen LogP contribution in [-0.4, -0.2) is 56.6 Å². The van der Waals surface area contributed by atoms with Gasteiger partial charge in [-0.3, -0.25) is 0 Å². The van der Waals surface area contributed by atoms with Crippen LogP contribution in [0.15, 0.2) is 0 Å². The Labute approximate surface area is 99.7 Å². The van der Waals surface area contributed by atoms with Crippen LogP contribution >= 0.6 is 0 Å². The van der Waals surface area contributed by atoms with E-state index >= 15 is 0 Å². The number of sulfonamides is 1. The molecule has 1 rings (SSSR count). The summed E-state index contributed by atoms with van der Waals surface area (Å²) in [5.41, 5.74) is 0. The summed E-state index contributed by atoms with van der Waals surface area (Å²) in [6.45, 7) is 6.76. The van der Waals surface area contributed by atoms with Crippen molar-refractivity contribution in [2.24, 2.45) is 5.92 Å². The quantitative estimate of drug-likeness (QED) is 0.745. The summed E-state index contributed by atoms with van der Waals surface area (Å²) < 4.78 is 25.2. The first kappa shape index (κ1) is 13.9. The highest BCUT2D eigenvalue weighted by Crippen LogP contribution is 2.19.